The molecule has 1 heterocycles. The molecule has 1 unspecified atom stereocenters. The van der Waals surface area contributed by atoms with E-state index in [4.69, 9.17) is 23.2 Å². The molecule has 0 fully saturated rings. The van der Waals surface area contributed by atoms with Gasteiger partial charge in [0.2, 0.25) is 0 Å². The Morgan fingerprint density at radius 2 is 1.75 bits per heavy atom. The summed E-state index contributed by atoms with van der Waals surface area (Å²) in [7, 11) is 0. The zero-order valence-electron chi connectivity index (χ0n) is 12.0. The van der Waals surface area contributed by atoms with Gasteiger partial charge in [0.1, 0.15) is 0 Å². The predicted molar refractivity (Wildman–Crippen MR) is 90.4 cm³/mol. The molecule has 1 aromatic carbocycles. The minimum Gasteiger partial charge on any atom is -0.306 e. The highest BCUT2D eigenvalue weighted by Crippen LogP contribution is 2.34. The Kier molecular flexibility index (Phi) is 5.50. The molecular weight excluding hydrogens is 309 g/mol. The summed E-state index contributed by atoms with van der Waals surface area (Å²) in [6.45, 7) is 7.43. The van der Waals surface area contributed by atoms with Gasteiger partial charge in [0, 0.05) is 19.8 Å². The Hall–Kier alpha value is -0.540. The summed E-state index contributed by atoms with van der Waals surface area (Å²) >= 11 is 14.1. The molecule has 1 atom stereocenters. The van der Waals surface area contributed by atoms with Crippen molar-refractivity contribution in [2.75, 3.05) is 6.54 Å². The monoisotopic (exact) mass is 327 g/mol. The summed E-state index contributed by atoms with van der Waals surface area (Å²) in [6.07, 6.45) is 1.09. The van der Waals surface area contributed by atoms with E-state index in [1.54, 1.807) is 6.07 Å². The van der Waals surface area contributed by atoms with E-state index in [9.17, 15) is 0 Å². The molecule has 0 radical (unpaired) electrons. The van der Waals surface area contributed by atoms with E-state index >= 15 is 0 Å². The summed E-state index contributed by atoms with van der Waals surface area (Å²) in [5.41, 5.74) is 2.44. The highest BCUT2D eigenvalue weighted by atomic mass is 35.5. The third-order valence-corrected chi connectivity index (χ3v) is 4.81. The van der Waals surface area contributed by atoms with E-state index < -0.39 is 0 Å². The molecular formula is C16H19Cl2NS. The molecule has 0 saturated carbocycles. The fourth-order valence-corrected chi connectivity index (χ4v) is 4.02. The maximum atomic E-state index is 6.15. The summed E-state index contributed by atoms with van der Waals surface area (Å²) in [6, 6.07) is 8.15. The molecule has 1 nitrogen and oxygen atoms in total. The minimum atomic E-state index is 0.157. The molecule has 2 aromatic rings. The van der Waals surface area contributed by atoms with Gasteiger partial charge in [0.25, 0.3) is 0 Å². The van der Waals surface area contributed by atoms with Crippen LogP contribution in [0.1, 0.15) is 40.3 Å². The maximum Gasteiger partial charge on any atom is 0.0674 e. The highest BCUT2D eigenvalue weighted by molar-refractivity contribution is 7.12. The van der Waals surface area contributed by atoms with Crippen LogP contribution in [0.15, 0.2) is 24.3 Å². The lowest BCUT2D eigenvalue weighted by molar-refractivity contribution is 0.604. The molecule has 2 rings (SSSR count). The van der Waals surface area contributed by atoms with Crippen molar-refractivity contribution in [1.82, 2.24) is 5.32 Å². The van der Waals surface area contributed by atoms with E-state index in [0.717, 1.165) is 18.5 Å². The van der Waals surface area contributed by atoms with Crippen LogP contribution < -0.4 is 5.32 Å². The van der Waals surface area contributed by atoms with E-state index in [0.29, 0.717) is 10.0 Å². The van der Waals surface area contributed by atoms with E-state index in [1.165, 1.54) is 15.3 Å². The van der Waals surface area contributed by atoms with Crippen LogP contribution >= 0.6 is 34.5 Å². The second-order valence-electron chi connectivity index (χ2n) is 4.99. The van der Waals surface area contributed by atoms with Gasteiger partial charge in [0.05, 0.1) is 6.04 Å². The molecule has 1 N–H and O–H groups in total. The molecule has 0 spiro atoms. The first-order valence-corrected chi connectivity index (χ1v) is 8.34. The fourth-order valence-electron chi connectivity index (χ4n) is 2.34. The SMILES string of the molecule is CCCNC(c1cc(Cl)cc(Cl)c1)c1sc(C)cc1C. The Labute approximate surface area is 134 Å². The van der Waals surface area contributed by atoms with Crippen molar-refractivity contribution in [1.29, 1.82) is 0 Å². The quantitative estimate of drug-likeness (QED) is 0.736. The zero-order chi connectivity index (χ0) is 14.7. The fraction of sp³-hybridized carbons (Fsp3) is 0.375. The summed E-state index contributed by atoms with van der Waals surface area (Å²) < 4.78 is 0. The molecule has 0 bridgehead atoms. The van der Waals surface area contributed by atoms with Gasteiger partial charge >= 0.3 is 0 Å². The third kappa shape index (κ3) is 3.76. The molecule has 4 heteroatoms. The largest absolute Gasteiger partial charge is 0.306 e. The lowest BCUT2D eigenvalue weighted by Crippen LogP contribution is -2.23. The van der Waals surface area contributed by atoms with Crippen LogP contribution in [0.4, 0.5) is 0 Å². The number of aryl methyl sites for hydroxylation is 2. The molecule has 0 saturated heterocycles. The van der Waals surface area contributed by atoms with Gasteiger partial charge in [-0.05, 0) is 62.2 Å². The van der Waals surface area contributed by atoms with Crippen molar-refractivity contribution in [3.05, 3.63) is 55.2 Å². The maximum absolute atomic E-state index is 6.15. The summed E-state index contributed by atoms with van der Waals surface area (Å²) in [5, 5.41) is 4.97. The van der Waals surface area contributed by atoms with Gasteiger partial charge in [-0.25, -0.2) is 0 Å². The first kappa shape index (κ1) is 15.8. The summed E-state index contributed by atoms with van der Waals surface area (Å²) in [5.74, 6) is 0. The smallest absolute Gasteiger partial charge is 0.0674 e. The lowest BCUT2D eigenvalue weighted by Gasteiger charge is -2.19. The Balaban J connectivity index is 2.43. The molecule has 0 aliphatic carbocycles. The minimum absolute atomic E-state index is 0.157. The average Bonchev–Trinajstić information content (AvgIpc) is 2.68. The zero-order valence-corrected chi connectivity index (χ0v) is 14.3. The normalized spacial score (nSPS) is 12.7. The number of halogens is 2. The van der Waals surface area contributed by atoms with Crippen molar-refractivity contribution in [2.45, 2.75) is 33.2 Å². The summed E-state index contributed by atoms with van der Waals surface area (Å²) in [4.78, 5) is 2.67. The van der Waals surface area contributed by atoms with Crippen molar-refractivity contribution in [3.8, 4) is 0 Å². The number of hydrogen-bond donors (Lipinski definition) is 1. The van der Waals surface area contributed by atoms with Crippen molar-refractivity contribution in [2.24, 2.45) is 0 Å². The Morgan fingerprint density at radius 3 is 2.25 bits per heavy atom. The van der Waals surface area contributed by atoms with Gasteiger partial charge in [-0.15, -0.1) is 11.3 Å². The number of hydrogen-bond acceptors (Lipinski definition) is 2. The van der Waals surface area contributed by atoms with E-state index in [-0.39, 0.29) is 6.04 Å². The molecule has 20 heavy (non-hydrogen) atoms. The van der Waals surface area contributed by atoms with Gasteiger partial charge in [-0.2, -0.15) is 0 Å². The van der Waals surface area contributed by atoms with Gasteiger partial charge in [-0.1, -0.05) is 30.1 Å². The Morgan fingerprint density at radius 1 is 1.10 bits per heavy atom. The number of thiophene rings is 1. The van der Waals surface area contributed by atoms with Gasteiger partial charge in [-0.3, -0.25) is 0 Å². The van der Waals surface area contributed by atoms with Gasteiger partial charge in [0.15, 0.2) is 0 Å². The third-order valence-electron chi connectivity index (χ3n) is 3.16. The average molecular weight is 328 g/mol. The second-order valence-corrected chi connectivity index (χ2v) is 7.16. The highest BCUT2D eigenvalue weighted by Gasteiger charge is 2.18. The number of nitrogens with one attached hydrogen (secondary N) is 1. The molecule has 0 aliphatic heterocycles. The van der Waals surface area contributed by atoms with Crippen LogP contribution in [-0.2, 0) is 0 Å². The Bertz CT molecular complexity index is 572. The van der Waals surface area contributed by atoms with Crippen molar-refractivity contribution in [3.63, 3.8) is 0 Å². The van der Waals surface area contributed by atoms with Crippen molar-refractivity contribution < 1.29 is 0 Å². The molecule has 108 valence electrons. The topological polar surface area (TPSA) is 12.0 Å². The van der Waals surface area contributed by atoms with Crippen LogP contribution in [0.5, 0.6) is 0 Å². The molecule has 0 aliphatic rings. The number of benzene rings is 1. The van der Waals surface area contributed by atoms with E-state index in [1.807, 2.05) is 23.5 Å². The van der Waals surface area contributed by atoms with Crippen LogP contribution in [0.25, 0.3) is 0 Å². The molecule has 1 aromatic heterocycles. The number of rotatable bonds is 5. The van der Waals surface area contributed by atoms with E-state index in [2.05, 4.69) is 32.2 Å². The van der Waals surface area contributed by atoms with Gasteiger partial charge < -0.3 is 5.32 Å². The van der Waals surface area contributed by atoms with Crippen LogP contribution in [0.3, 0.4) is 0 Å². The second kappa shape index (κ2) is 6.95. The lowest BCUT2D eigenvalue weighted by atomic mass is 10.0. The molecule has 0 amide bonds. The predicted octanol–water partition coefficient (Wildman–Crippen LogP) is 5.76. The van der Waals surface area contributed by atoms with Crippen LogP contribution in [-0.4, -0.2) is 6.54 Å². The van der Waals surface area contributed by atoms with Crippen LogP contribution in [0.2, 0.25) is 10.0 Å². The first-order valence-electron chi connectivity index (χ1n) is 6.77. The van der Waals surface area contributed by atoms with Crippen molar-refractivity contribution >= 4 is 34.5 Å². The van der Waals surface area contributed by atoms with Crippen LogP contribution in [0, 0.1) is 13.8 Å². The first-order chi connectivity index (χ1) is 9.51. The standard InChI is InChI=1S/C16H19Cl2NS/c1-4-5-19-15(16-10(2)6-11(3)20-16)12-7-13(17)9-14(18)8-12/h6-9,15,19H,4-5H2,1-3H3.